The molecule has 1 aromatic heterocycles. The van der Waals surface area contributed by atoms with Gasteiger partial charge in [0.1, 0.15) is 22.7 Å². The number of rotatable bonds is 2. The summed E-state index contributed by atoms with van der Waals surface area (Å²) in [7, 11) is 0. The van der Waals surface area contributed by atoms with Crippen LogP contribution in [0, 0.1) is 5.82 Å². The van der Waals surface area contributed by atoms with Crippen LogP contribution in [0.3, 0.4) is 0 Å². The fourth-order valence-electron chi connectivity index (χ4n) is 2.58. The van der Waals surface area contributed by atoms with Crippen molar-refractivity contribution in [3.8, 4) is 0 Å². The highest BCUT2D eigenvalue weighted by Gasteiger charge is 2.21. The third-order valence-electron chi connectivity index (χ3n) is 3.55. The van der Waals surface area contributed by atoms with Gasteiger partial charge in [-0.25, -0.2) is 9.37 Å². The first kappa shape index (κ1) is 12.1. The lowest BCUT2D eigenvalue weighted by molar-refractivity contribution is 0.0998. The Balaban J connectivity index is 2.09. The number of hydrogen-bond acceptors (Lipinski definition) is 3. The van der Waals surface area contributed by atoms with E-state index in [2.05, 4.69) is 15.3 Å². The van der Waals surface area contributed by atoms with Gasteiger partial charge in [-0.05, 0) is 31.5 Å². The van der Waals surface area contributed by atoms with Gasteiger partial charge in [0.15, 0.2) is 0 Å². The minimum absolute atomic E-state index is 0.135. The van der Waals surface area contributed by atoms with E-state index in [-0.39, 0.29) is 11.5 Å². The molecule has 0 bridgehead atoms. The summed E-state index contributed by atoms with van der Waals surface area (Å²) in [6, 6.07) is 2.83. The summed E-state index contributed by atoms with van der Waals surface area (Å²) in [5, 5.41) is 3.30. The minimum Gasteiger partial charge on any atom is -0.365 e. The van der Waals surface area contributed by atoms with E-state index in [1.54, 1.807) is 6.07 Å². The lowest BCUT2D eigenvalue weighted by Crippen LogP contribution is -2.28. The van der Waals surface area contributed by atoms with Gasteiger partial charge in [0, 0.05) is 12.5 Å². The van der Waals surface area contributed by atoms with E-state index in [1.165, 1.54) is 6.07 Å². The van der Waals surface area contributed by atoms with Gasteiger partial charge in [0.25, 0.3) is 5.91 Å². The van der Waals surface area contributed by atoms with Crippen LogP contribution in [0.4, 0.5) is 4.39 Å². The van der Waals surface area contributed by atoms with Crippen LogP contribution in [0.15, 0.2) is 12.1 Å². The first-order valence-corrected chi connectivity index (χ1v) is 6.35. The zero-order chi connectivity index (χ0) is 13.4. The summed E-state index contributed by atoms with van der Waals surface area (Å²) < 4.78 is 13.7. The van der Waals surface area contributed by atoms with Crippen molar-refractivity contribution in [2.45, 2.75) is 18.8 Å². The molecule has 1 saturated heterocycles. The highest BCUT2D eigenvalue weighted by molar-refractivity contribution is 6.04. The number of aromatic nitrogens is 2. The number of halogens is 1. The van der Waals surface area contributed by atoms with E-state index < -0.39 is 11.7 Å². The largest absolute Gasteiger partial charge is 0.365 e. The van der Waals surface area contributed by atoms with E-state index in [0.717, 1.165) is 31.8 Å². The van der Waals surface area contributed by atoms with Gasteiger partial charge in [-0.3, -0.25) is 4.79 Å². The number of benzene rings is 1. The average Bonchev–Trinajstić information content (AvgIpc) is 2.83. The lowest BCUT2D eigenvalue weighted by Gasteiger charge is -2.20. The number of nitrogens with zero attached hydrogens (tertiary/aromatic N) is 1. The molecule has 1 amide bonds. The van der Waals surface area contributed by atoms with E-state index in [9.17, 15) is 9.18 Å². The first-order valence-electron chi connectivity index (χ1n) is 6.35. The molecule has 0 spiro atoms. The summed E-state index contributed by atoms with van der Waals surface area (Å²) in [4.78, 5) is 18.9. The van der Waals surface area contributed by atoms with Crippen LogP contribution < -0.4 is 11.1 Å². The minimum atomic E-state index is -0.789. The second-order valence-electron chi connectivity index (χ2n) is 4.85. The predicted octanol–water partition coefficient (Wildman–Crippen LogP) is 1.27. The number of H-pyrrole nitrogens is 1. The zero-order valence-corrected chi connectivity index (χ0v) is 10.4. The number of carbonyl (C=O) groups excluding carboxylic acids is 1. The predicted molar refractivity (Wildman–Crippen MR) is 69.4 cm³/mol. The van der Waals surface area contributed by atoms with Crippen LogP contribution in [-0.2, 0) is 0 Å². The molecular weight excluding hydrogens is 247 g/mol. The molecule has 1 aliphatic heterocycles. The smallest absolute Gasteiger partial charge is 0.253 e. The van der Waals surface area contributed by atoms with Crippen LogP contribution in [0.5, 0.6) is 0 Å². The fourth-order valence-corrected chi connectivity index (χ4v) is 2.58. The highest BCUT2D eigenvalue weighted by atomic mass is 19.1. The molecule has 1 unspecified atom stereocenters. The van der Waals surface area contributed by atoms with Gasteiger partial charge in [0.2, 0.25) is 0 Å². The Hall–Kier alpha value is -1.95. The first-order chi connectivity index (χ1) is 9.16. The van der Waals surface area contributed by atoms with E-state index >= 15 is 0 Å². The van der Waals surface area contributed by atoms with Gasteiger partial charge in [-0.2, -0.15) is 0 Å². The van der Waals surface area contributed by atoms with E-state index in [1.807, 2.05) is 0 Å². The molecule has 100 valence electrons. The Labute approximate surface area is 109 Å². The molecule has 0 saturated carbocycles. The third-order valence-corrected chi connectivity index (χ3v) is 3.55. The number of imidazole rings is 1. The van der Waals surface area contributed by atoms with Crippen molar-refractivity contribution in [2.24, 2.45) is 5.73 Å². The Morgan fingerprint density at radius 3 is 3.00 bits per heavy atom. The van der Waals surface area contributed by atoms with E-state index in [4.69, 9.17) is 5.73 Å². The summed E-state index contributed by atoms with van der Waals surface area (Å²) in [5.74, 6) is -0.358. The van der Waals surface area contributed by atoms with Crippen LogP contribution in [0.1, 0.15) is 34.9 Å². The Bertz CT molecular complexity index is 631. The molecule has 1 aliphatic rings. The van der Waals surface area contributed by atoms with Crippen molar-refractivity contribution in [1.82, 2.24) is 15.3 Å². The second-order valence-corrected chi connectivity index (χ2v) is 4.85. The van der Waals surface area contributed by atoms with Crippen molar-refractivity contribution in [1.29, 1.82) is 0 Å². The van der Waals surface area contributed by atoms with Gasteiger partial charge in [0.05, 0.1) is 5.52 Å². The second kappa shape index (κ2) is 4.62. The van der Waals surface area contributed by atoms with Crippen molar-refractivity contribution >= 4 is 16.9 Å². The summed E-state index contributed by atoms with van der Waals surface area (Å²) in [6.07, 6.45) is 2.11. The van der Waals surface area contributed by atoms with Crippen molar-refractivity contribution in [2.75, 3.05) is 13.1 Å². The van der Waals surface area contributed by atoms with Gasteiger partial charge < -0.3 is 16.0 Å². The van der Waals surface area contributed by atoms with Crippen molar-refractivity contribution in [3.05, 3.63) is 29.3 Å². The third kappa shape index (κ3) is 2.08. The molecule has 2 heterocycles. The number of nitrogens with one attached hydrogen (secondary N) is 2. The van der Waals surface area contributed by atoms with Crippen molar-refractivity contribution < 1.29 is 9.18 Å². The summed E-state index contributed by atoms with van der Waals surface area (Å²) >= 11 is 0. The molecule has 0 radical (unpaired) electrons. The lowest BCUT2D eigenvalue weighted by atomic mass is 9.99. The molecule has 4 N–H and O–H groups in total. The Morgan fingerprint density at radius 1 is 1.47 bits per heavy atom. The van der Waals surface area contributed by atoms with Crippen LogP contribution in [0.2, 0.25) is 0 Å². The van der Waals surface area contributed by atoms with Gasteiger partial charge in [-0.1, -0.05) is 0 Å². The molecule has 3 rings (SSSR count). The zero-order valence-electron chi connectivity index (χ0n) is 10.4. The quantitative estimate of drug-likeness (QED) is 0.762. The number of piperidine rings is 1. The molecular formula is C13H15FN4O. The van der Waals surface area contributed by atoms with Gasteiger partial charge in [-0.15, -0.1) is 0 Å². The number of nitrogens with two attached hydrogens (primary N) is 1. The fraction of sp³-hybridized carbons (Fsp3) is 0.385. The SMILES string of the molecule is NC(=O)c1c(F)ccc2[nH]c(C3CCCNC3)nc12. The number of amides is 1. The maximum atomic E-state index is 13.7. The normalized spacial score (nSPS) is 19.7. The molecule has 1 atom stereocenters. The maximum absolute atomic E-state index is 13.7. The topological polar surface area (TPSA) is 83.8 Å². The Kier molecular flexibility index (Phi) is 2.94. The number of primary amides is 1. The van der Waals surface area contributed by atoms with Crippen LogP contribution in [-0.4, -0.2) is 29.0 Å². The molecule has 5 nitrogen and oxygen atoms in total. The average molecular weight is 262 g/mol. The van der Waals surface area contributed by atoms with Crippen molar-refractivity contribution in [3.63, 3.8) is 0 Å². The van der Waals surface area contributed by atoms with E-state index in [0.29, 0.717) is 11.0 Å². The Morgan fingerprint density at radius 2 is 2.32 bits per heavy atom. The number of carbonyl (C=O) groups is 1. The maximum Gasteiger partial charge on any atom is 0.253 e. The van der Waals surface area contributed by atoms with Gasteiger partial charge >= 0.3 is 0 Å². The number of fused-ring (bicyclic) bond motifs is 1. The molecule has 1 aromatic carbocycles. The summed E-state index contributed by atoms with van der Waals surface area (Å²) in [6.45, 7) is 1.85. The molecule has 19 heavy (non-hydrogen) atoms. The monoisotopic (exact) mass is 262 g/mol. The highest BCUT2D eigenvalue weighted by Crippen LogP contribution is 2.25. The van der Waals surface area contributed by atoms with Crippen LogP contribution in [0.25, 0.3) is 11.0 Å². The summed E-state index contributed by atoms with van der Waals surface area (Å²) in [5.41, 5.74) is 6.06. The van der Waals surface area contributed by atoms with Crippen LogP contribution >= 0.6 is 0 Å². The molecule has 0 aliphatic carbocycles. The number of hydrogen-bond donors (Lipinski definition) is 3. The molecule has 6 heteroatoms. The molecule has 1 fully saturated rings. The standard InChI is InChI=1S/C13H15FN4O/c14-8-3-4-9-11(10(8)12(15)19)18-13(17-9)7-2-1-5-16-6-7/h3-4,7,16H,1-2,5-6H2,(H2,15,19)(H,17,18). The molecule has 2 aromatic rings. The number of aromatic amines is 1.